The lowest BCUT2D eigenvalue weighted by Crippen LogP contribution is -2.14. The zero-order valence-corrected chi connectivity index (χ0v) is 15.4. The van der Waals surface area contributed by atoms with Gasteiger partial charge in [-0.15, -0.1) is 11.3 Å². The fourth-order valence-corrected chi connectivity index (χ4v) is 4.01. The number of hydrogen-bond donors (Lipinski definition) is 1. The first-order valence-electron chi connectivity index (χ1n) is 7.84. The maximum Gasteiger partial charge on any atom is 0.236 e. The summed E-state index contributed by atoms with van der Waals surface area (Å²) in [7, 11) is 0. The molecule has 0 fully saturated rings. The molecule has 1 N–H and O–H groups in total. The normalized spacial score (nSPS) is 11.0. The quantitative estimate of drug-likeness (QED) is 0.407. The van der Waals surface area contributed by atoms with Crippen LogP contribution in [0.25, 0.3) is 22.4 Å². The molecule has 26 heavy (non-hydrogen) atoms. The van der Waals surface area contributed by atoms with Crippen LogP contribution in [0.15, 0.2) is 57.5 Å². The Hall–Kier alpha value is -2.71. The lowest BCUT2D eigenvalue weighted by molar-refractivity contribution is -0.113. The number of hydrogen-bond acceptors (Lipinski definition) is 7. The van der Waals surface area contributed by atoms with E-state index in [0.717, 1.165) is 15.9 Å². The Labute approximate surface area is 157 Å². The molecule has 0 unspecified atom stereocenters. The third-order valence-corrected chi connectivity index (χ3v) is 5.29. The summed E-state index contributed by atoms with van der Waals surface area (Å²) in [6.07, 6.45) is 1.59. The number of benzene rings is 1. The van der Waals surface area contributed by atoms with Crippen molar-refractivity contribution in [1.29, 1.82) is 0 Å². The number of rotatable bonds is 5. The van der Waals surface area contributed by atoms with Gasteiger partial charge in [0.15, 0.2) is 10.9 Å². The number of para-hydroxylation sites is 1. The SMILES string of the molecule is Cc1nc(SCC(=O)Nc2nc(-c3ccco3)cs2)c2ccccc2n1. The van der Waals surface area contributed by atoms with Gasteiger partial charge in [0.1, 0.15) is 16.5 Å². The third-order valence-electron chi connectivity index (χ3n) is 3.54. The van der Waals surface area contributed by atoms with E-state index in [-0.39, 0.29) is 11.7 Å². The maximum atomic E-state index is 12.3. The van der Waals surface area contributed by atoms with Crippen molar-refractivity contribution in [3.05, 3.63) is 53.9 Å². The Morgan fingerprint density at radius 3 is 2.92 bits per heavy atom. The van der Waals surface area contributed by atoms with Crippen molar-refractivity contribution in [2.45, 2.75) is 11.9 Å². The van der Waals surface area contributed by atoms with Crippen molar-refractivity contribution in [3.8, 4) is 11.5 Å². The van der Waals surface area contributed by atoms with Crippen molar-refractivity contribution >= 4 is 45.0 Å². The number of anilines is 1. The van der Waals surface area contributed by atoms with Crippen LogP contribution in [0.1, 0.15) is 5.82 Å². The highest BCUT2D eigenvalue weighted by Gasteiger charge is 2.12. The first kappa shape index (κ1) is 16.7. The molecule has 1 amide bonds. The monoisotopic (exact) mass is 382 g/mol. The average molecular weight is 382 g/mol. The molecular formula is C18H14N4O2S2. The lowest BCUT2D eigenvalue weighted by Gasteiger charge is -2.06. The molecule has 4 rings (SSSR count). The minimum atomic E-state index is -0.129. The summed E-state index contributed by atoms with van der Waals surface area (Å²) in [5.74, 6) is 1.49. The molecule has 0 aliphatic rings. The molecule has 8 heteroatoms. The number of amides is 1. The topological polar surface area (TPSA) is 80.9 Å². The van der Waals surface area contributed by atoms with Gasteiger partial charge in [0, 0.05) is 10.8 Å². The summed E-state index contributed by atoms with van der Waals surface area (Å²) in [5.41, 5.74) is 1.59. The molecule has 0 saturated heterocycles. The molecule has 3 heterocycles. The van der Waals surface area contributed by atoms with Gasteiger partial charge in [0.05, 0.1) is 17.5 Å². The highest BCUT2D eigenvalue weighted by Crippen LogP contribution is 2.27. The summed E-state index contributed by atoms with van der Waals surface area (Å²) < 4.78 is 5.31. The number of fused-ring (bicyclic) bond motifs is 1. The van der Waals surface area contributed by atoms with Gasteiger partial charge < -0.3 is 9.73 Å². The number of carbonyl (C=O) groups excluding carboxylic acids is 1. The summed E-state index contributed by atoms with van der Waals surface area (Å²) in [6.45, 7) is 1.85. The number of aromatic nitrogens is 3. The van der Waals surface area contributed by atoms with Gasteiger partial charge in [-0.3, -0.25) is 4.79 Å². The van der Waals surface area contributed by atoms with Crippen LogP contribution in [0.3, 0.4) is 0 Å². The molecule has 130 valence electrons. The van der Waals surface area contributed by atoms with Gasteiger partial charge in [-0.25, -0.2) is 15.0 Å². The van der Waals surface area contributed by atoms with Gasteiger partial charge >= 0.3 is 0 Å². The Bertz CT molecular complexity index is 1060. The molecule has 0 bridgehead atoms. The van der Waals surface area contributed by atoms with E-state index < -0.39 is 0 Å². The van der Waals surface area contributed by atoms with Gasteiger partial charge in [0.2, 0.25) is 5.91 Å². The highest BCUT2D eigenvalue weighted by atomic mass is 32.2. The summed E-state index contributed by atoms with van der Waals surface area (Å²) >= 11 is 2.76. The molecule has 0 radical (unpaired) electrons. The largest absolute Gasteiger partial charge is 0.463 e. The van der Waals surface area contributed by atoms with Crippen LogP contribution >= 0.6 is 23.1 Å². The molecule has 0 aliphatic carbocycles. The number of aryl methyl sites for hydroxylation is 1. The van der Waals surface area contributed by atoms with Crippen molar-refractivity contribution in [3.63, 3.8) is 0 Å². The van der Waals surface area contributed by atoms with Crippen LogP contribution in [-0.4, -0.2) is 26.6 Å². The van der Waals surface area contributed by atoms with Crippen molar-refractivity contribution in [2.24, 2.45) is 0 Å². The zero-order chi connectivity index (χ0) is 17.9. The lowest BCUT2D eigenvalue weighted by atomic mass is 10.2. The van der Waals surface area contributed by atoms with E-state index in [4.69, 9.17) is 4.42 Å². The van der Waals surface area contributed by atoms with Gasteiger partial charge in [-0.2, -0.15) is 0 Å². The number of thiazole rings is 1. The Morgan fingerprint density at radius 2 is 2.08 bits per heavy atom. The second kappa shape index (κ2) is 7.27. The highest BCUT2D eigenvalue weighted by molar-refractivity contribution is 8.00. The van der Waals surface area contributed by atoms with Crippen LogP contribution in [0.2, 0.25) is 0 Å². The fourth-order valence-electron chi connectivity index (χ4n) is 2.43. The molecule has 1 aromatic carbocycles. The molecule has 0 saturated carbocycles. The van der Waals surface area contributed by atoms with E-state index in [2.05, 4.69) is 20.3 Å². The molecular weight excluding hydrogens is 368 g/mol. The minimum Gasteiger partial charge on any atom is -0.463 e. The van der Waals surface area contributed by atoms with Gasteiger partial charge in [0.25, 0.3) is 0 Å². The summed E-state index contributed by atoms with van der Waals surface area (Å²) in [4.78, 5) is 25.5. The van der Waals surface area contributed by atoms with Crippen LogP contribution in [0.5, 0.6) is 0 Å². The Kier molecular flexibility index (Phi) is 4.68. The van der Waals surface area contributed by atoms with Crippen LogP contribution in [-0.2, 0) is 4.79 Å². The maximum absolute atomic E-state index is 12.3. The van der Waals surface area contributed by atoms with Crippen LogP contribution in [0.4, 0.5) is 5.13 Å². The van der Waals surface area contributed by atoms with E-state index in [1.54, 1.807) is 12.3 Å². The molecule has 0 aliphatic heterocycles. The minimum absolute atomic E-state index is 0.129. The number of nitrogens with zero attached hydrogens (tertiary/aromatic N) is 3. The smallest absolute Gasteiger partial charge is 0.236 e. The second-order valence-electron chi connectivity index (χ2n) is 5.45. The standard InChI is InChI=1S/C18H14N4O2S2/c1-11-19-13-6-3-2-5-12(13)17(20-11)25-10-16(23)22-18-21-14(9-26-18)15-7-4-8-24-15/h2-9H,10H2,1H3,(H,21,22,23). The number of nitrogens with one attached hydrogen (secondary N) is 1. The van der Waals surface area contributed by atoms with E-state index in [1.807, 2.05) is 42.6 Å². The summed E-state index contributed by atoms with van der Waals surface area (Å²) in [6, 6.07) is 11.4. The van der Waals surface area contributed by atoms with Crippen LogP contribution < -0.4 is 5.32 Å². The average Bonchev–Trinajstić information content (AvgIpc) is 3.31. The van der Waals surface area contributed by atoms with Gasteiger partial charge in [-0.05, 0) is 25.1 Å². The summed E-state index contributed by atoms with van der Waals surface area (Å²) in [5, 5.41) is 6.97. The first-order chi connectivity index (χ1) is 12.7. The third kappa shape index (κ3) is 3.61. The Morgan fingerprint density at radius 1 is 1.19 bits per heavy atom. The molecule has 0 spiro atoms. The number of thioether (sulfide) groups is 1. The van der Waals surface area contributed by atoms with E-state index in [9.17, 15) is 4.79 Å². The molecule has 6 nitrogen and oxygen atoms in total. The second-order valence-corrected chi connectivity index (χ2v) is 7.27. The molecule has 4 aromatic rings. The zero-order valence-electron chi connectivity index (χ0n) is 13.8. The van der Waals surface area contributed by atoms with Crippen molar-refractivity contribution < 1.29 is 9.21 Å². The van der Waals surface area contributed by atoms with Crippen molar-refractivity contribution in [1.82, 2.24) is 15.0 Å². The molecule has 0 atom stereocenters. The van der Waals surface area contributed by atoms with E-state index >= 15 is 0 Å². The van der Waals surface area contributed by atoms with E-state index in [0.29, 0.717) is 22.4 Å². The molecule has 3 aromatic heterocycles. The number of furan rings is 1. The predicted octanol–water partition coefficient (Wildman–Crippen LogP) is 4.39. The van der Waals surface area contributed by atoms with E-state index in [1.165, 1.54) is 23.1 Å². The fraction of sp³-hybridized carbons (Fsp3) is 0.111. The first-order valence-corrected chi connectivity index (χ1v) is 9.71. The van der Waals surface area contributed by atoms with Crippen LogP contribution in [0, 0.1) is 6.92 Å². The van der Waals surface area contributed by atoms with Crippen molar-refractivity contribution in [2.75, 3.05) is 11.1 Å². The Balaban J connectivity index is 1.43. The van der Waals surface area contributed by atoms with Gasteiger partial charge in [-0.1, -0.05) is 30.0 Å². The predicted molar refractivity (Wildman–Crippen MR) is 103 cm³/mol. The number of carbonyl (C=O) groups is 1.